The zero-order valence-corrected chi connectivity index (χ0v) is 13.8. The van der Waals surface area contributed by atoms with E-state index < -0.39 is 0 Å². The van der Waals surface area contributed by atoms with Crippen LogP contribution in [-0.2, 0) is 19.3 Å². The average molecular weight is 326 g/mol. The Morgan fingerprint density at radius 2 is 2.13 bits per heavy atom. The number of thioether (sulfide) groups is 1. The van der Waals surface area contributed by atoms with Crippen LogP contribution >= 0.6 is 11.8 Å². The molecule has 23 heavy (non-hydrogen) atoms. The van der Waals surface area contributed by atoms with Gasteiger partial charge in [0.25, 0.3) is 0 Å². The molecule has 0 spiro atoms. The molecule has 4 heteroatoms. The smallest absolute Gasteiger partial charge is 0.128 e. The number of fused-ring (bicyclic) bond motifs is 1. The lowest BCUT2D eigenvalue weighted by molar-refractivity contribution is 0.608. The number of aliphatic imine (C=N–C) groups is 1. The van der Waals surface area contributed by atoms with Crippen LogP contribution in [0.2, 0.25) is 0 Å². The van der Waals surface area contributed by atoms with E-state index in [1.54, 1.807) is 12.1 Å². The molecule has 0 aromatic heterocycles. The van der Waals surface area contributed by atoms with Crippen molar-refractivity contribution in [3.8, 4) is 0 Å². The number of nitrogens with zero attached hydrogens (tertiary/aromatic N) is 1. The largest absolute Gasteiger partial charge is 0.368 e. The Bertz CT molecular complexity index is 770. The summed E-state index contributed by atoms with van der Waals surface area (Å²) in [6.45, 7) is 1.61. The Morgan fingerprint density at radius 1 is 1.17 bits per heavy atom. The molecule has 0 saturated carbocycles. The average Bonchev–Trinajstić information content (AvgIpc) is 3.24. The fourth-order valence-electron chi connectivity index (χ4n) is 3.25. The summed E-state index contributed by atoms with van der Waals surface area (Å²) in [6, 6.07) is 12.0. The highest BCUT2D eigenvalue weighted by molar-refractivity contribution is 7.99. The second-order valence-corrected chi connectivity index (χ2v) is 7.10. The quantitative estimate of drug-likeness (QED) is 0.928. The number of nitrogens with one attached hydrogen (secondary N) is 1. The number of amidine groups is 1. The lowest BCUT2D eigenvalue weighted by Crippen LogP contribution is -2.21. The summed E-state index contributed by atoms with van der Waals surface area (Å²) in [5.41, 5.74) is 4.43. The molecular weight excluding hydrogens is 307 g/mol. The maximum absolute atomic E-state index is 14.3. The third kappa shape index (κ3) is 3.00. The topological polar surface area (TPSA) is 24.4 Å². The van der Waals surface area contributed by atoms with Crippen LogP contribution in [0, 0.1) is 5.82 Å². The zero-order chi connectivity index (χ0) is 15.6. The predicted octanol–water partition coefficient (Wildman–Crippen LogP) is 3.61. The van der Waals surface area contributed by atoms with Crippen LogP contribution in [0.15, 0.2) is 46.3 Å². The fraction of sp³-hybridized carbons (Fsp3) is 0.316. The summed E-state index contributed by atoms with van der Waals surface area (Å²) < 4.78 is 14.3. The van der Waals surface area contributed by atoms with Gasteiger partial charge in [0.1, 0.15) is 11.7 Å². The summed E-state index contributed by atoms with van der Waals surface area (Å²) >= 11 is 1.93. The maximum atomic E-state index is 14.3. The van der Waals surface area contributed by atoms with E-state index in [2.05, 4.69) is 28.5 Å². The standard InChI is InChI=1S/C19H19FN2S/c20-17-3-1-2-16(19-21-9-10-22-19)15(17)7-5-13-4-6-14-8-11-23-18(14)12-13/h1-4,6,12H,5,7-11H2,(H,21,22). The van der Waals surface area contributed by atoms with E-state index in [0.29, 0.717) is 6.42 Å². The Balaban J connectivity index is 1.57. The van der Waals surface area contributed by atoms with Gasteiger partial charge in [-0.2, -0.15) is 0 Å². The first-order chi connectivity index (χ1) is 11.3. The van der Waals surface area contributed by atoms with Crippen LogP contribution in [0.1, 0.15) is 22.3 Å². The minimum Gasteiger partial charge on any atom is -0.368 e. The number of halogens is 1. The van der Waals surface area contributed by atoms with Crippen molar-refractivity contribution >= 4 is 17.6 Å². The van der Waals surface area contributed by atoms with Crippen molar-refractivity contribution in [1.82, 2.24) is 5.32 Å². The summed E-state index contributed by atoms with van der Waals surface area (Å²) in [4.78, 5) is 5.85. The first-order valence-corrected chi connectivity index (χ1v) is 9.10. The van der Waals surface area contributed by atoms with Gasteiger partial charge in [-0.05, 0) is 48.1 Å². The van der Waals surface area contributed by atoms with Gasteiger partial charge in [0, 0.05) is 22.8 Å². The van der Waals surface area contributed by atoms with Crippen LogP contribution in [0.4, 0.5) is 4.39 Å². The van der Waals surface area contributed by atoms with Crippen molar-refractivity contribution in [2.75, 3.05) is 18.8 Å². The molecule has 118 valence electrons. The molecule has 0 atom stereocenters. The van der Waals surface area contributed by atoms with E-state index >= 15 is 0 Å². The zero-order valence-electron chi connectivity index (χ0n) is 12.9. The van der Waals surface area contributed by atoms with E-state index in [4.69, 9.17) is 0 Å². The van der Waals surface area contributed by atoms with Gasteiger partial charge in [0.15, 0.2) is 0 Å². The van der Waals surface area contributed by atoms with Gasteiger partial charge < -0.3 is 5.32 Å². The van der Waals surface area contributed by atoms with Crippen LogP contribution in [0.25, 0.3) is 0 Å². The molecule has 2 nitrogen and oxygen atoms in total. The lowest BCUT2D eigenvalue weighted by Gasteiger charge is -2.12. The highest BCUT2D eigenvalue weighted by Gasteiger charge is 2.16. The first-order valence-electron chi connectivity index (χ1n) is 8.12. The number of hydrogen-bond acceptors (Lipinski definition) is 3. The molecular formula is C19H19FN2S. The van der Waals surface area contributed by atoms with Gasteiger partial charge in [0.2, 0.25) is 0 Å². The molecule has 2 aliphatic heterocycles. The Hall–Kier alpha value is -1.81. The van der Waals surface area contributed by atoms with Crippen LogP contribution in [-0.4, -0.2) is 24.7 Å². The van der Waals surface area contributed by atoms with Gasteiger partial charge >= 0.3 is 0 Å². The fourth-order valence-corrected chi connectivity index (χ4v) is 4.38. The molecule has 0 saturated heterocycles. The van der Waals surface area contributed by atoms with Crippen molar-refractivity contribution in [2.45, 2.75) is 24.2 Å². The highest BCUT2D eigenvalue weighted by atomic mass is 32.2. The van der Waals surface area contributed by atoms with E-state index in [0.717, 1.165) is 36.5 Å². The van der Waals surface area contributed by atoms with Gasteiger partial charge in [-0.1, -0.05) is 24.3 Å². The Morgan fingerprint density at radius 3 is 3.00 bits per heavy atom. The molecule has 0 unspecified atom stereocenters. The summed E-state index contributed by atoms with van der Waals surface area (Å²) in [7, 11) is 0. The van der Waals surface area contributed by atoms with E-state index in [1.165, 1.54) is 28.2 Å². The van der Waals surface area contributed by atoms with Crippen molar-refractivity contribution in [3.63, 3.8) is 0 Å². The van der Waals surface area contributed by atoms with Gasteiger partial charge in [-0.25, -0.2) is 4.39 Å². The monoisotopic (exact) mass is 326 g/mol. The van der Waals surface area contributed by atoms with E-state index in [-0.39, 0.29) is 5.82 Å². The summed E-state index contributed by atoms with van der Waals surface area (Å²) in [5, 5.41) is 3.25. The van der Waals surface area contributed by atoms with Gasteiger partial charge in [-0.15, -0.1) is 11.8 Å². The molecule has 0 aliphatic carbocycles. The lowest BCUT2D eigenvalue weighted by atomic mass is 9.98. The molecule has 2 aromatic rings. The van der Waals surface area contributed by atoms with Crippen LogP contribution in [0.5, 0.6) is 0 Å². The van der Waals surface area contributed by atoms with Crippen molar-refractivity contribution in [3.05, 3.63) is 64.5 Å². The van der Waals surface area contributed by atoms with E-state index in [1.807, 2.05) is 17.8 Å². The SMILES string of the molecule is Fc1cccc(C2=NCCN2)c1CCc1ccc2c(c1)SCC2. The van der Waals surface area contributed by atoms with Crippen LogP contribution < -0.4 is 5.32 Å². The Kier molecular flexibility index (Phi) is 4.08. The third-order valence-electron chi connectivity index (χ3n) is 4.47. The number of aryl methyl sites for hydroxylation is 2. The number of benzene rings is 2. The normalized spacial score (nSPS) is 16.1. The molecule has 2 aliphatic rings. The minimum atomic E-state index is -0.130. The molecule has 0 fully saturated rings. The molecule has 2 aromatic carbocycles. The summed E-state index contributed by atoms with van der Waals surface area (Å²) in [5.74, 6) is 1.89. The summed E-state index contributed by atoms with van der Waals surface area (Å²) in [6.07, 6.45) is 2.73. The first kappa shape index (κ1) is 14.8. The van der Waals surface area contributed by atoms with Crippen molar-refractivity contribution in [1.29, 1.82) is 0 Å². The minimum absolute atomic E-state index is 0.130. The molecule has 0 amide bonds. The molecule has 4 rings (SSSR count). The molecule has 2 heterocycles. The molecule has 1 N–H and O–H groups in total. The van der Waals surface area contributed by atoms with Gasteiger partial charge in [0.05, 0.1) is 6.54 Å². The number of hydrogen-bond donors (Lipinski definition) is 1. The molecule has 0 radical (unpaired) electrons. The number of rotatable bonds is 4. The highest BCUT2D eigenvalue weighted by Crippen LogP contribution is 2.32. The van der Waals surface area contributed by atoms with Gasteiger partial charge in [-0.3, -0.25) is 4.99 Å². The van der Waals surface area contributed by atoms with E-state index in [9.17, 15) is 4.39 Å². The predicted molar refractivity (Wildman–Crippen MR) is 94.1 cm³/mol. The third-order valence-corrected chi connectivity index (χ3v) is 5.57. The van der Waals surface area contributed by atoms with Crippen molar-refractivity contribution in [2.24, 2.45) is 4.99 Å². The maximum Gasteiger partial charge on any atom is 0.128 e. The second kappa shape index (κ2) is 6.36. The van der Waals surface area contributed by atoms with Crippen molar-refractivity contribution < 1.29 is 4.39 Å². The molecule has 0 bridgehead atoms. The van der Waals surface area contributed by atoms with Crippen LogP contribution in [0.3, 0.4) is 0 Å². The second-order valence-electron chi connectivity index (χ2n) is 5.96. The Labute approximate surface area is 140 Å².